The summed E-state index contributed by atoms with van der Waals surface area (Å²) < 4.78 is 5.16. The largest absolute Gasteiger partial charge is 0.495 e. The van der Waals surface area contributed by atoms with Crippen molar-refractivity contribution in [3.05, 3.63) is 29.3 Å². The van der Waals surface area contributed by atoms with Crippen LogP contribution in [-0.2, 0) is 6.54 Å². The van der Waals surface area contributed by atoms with Gasteiger partial charge in [-0.2, -0.15) is 5.26 Å². The Hall–Kier alpha value is -1.57. The fourth-order valence-corrected chi connectivity index (χ4v) is 2.26. The van der Waals surface area contributed by atoms with Crippen molar-refractivity contribution >= 4 is 0 Å². The molecule has 0 unspecified atom stereocenters. The second-order valence-electron chi connectivity index (χ2n) is 4.53. The number of hydrogen-bond donors (Lipinski definition) is 1. The third-order valence-electron chi connectivity index (χ3n) is 3.22. The smallest absolute Gasteiger partial charge is 0.136 e. The molecule has 0 bridgehead atoms. The van der Waals surface area contributed by atoms with Crippen LogP contribution in [0.25, 0.3) is 0 Å². The molecule has 1 saturated heterocycles. The number of rotatable bonds is 3. The van der Waals surface area contributed by atoms with E-state index in [1.54, 1.807) is 7.11 Å². The predicted octanol–water partition coefficient (Wildman–Crippen LogP) is 1.36. The van der Waals surface area contributed by atoms with Gasteiger partial charge in [-0.1, -0.05) is 6.07 Å². The van der Waals surface area contributed by atoms with Gasteiger partial charge >= 0.3 is 0 Å². The van der Waals surface area contributed by atoms with Crippen molar-refractivity contribution in [2.75, 3.05) is 33.3 Å². The fraction of sp³-hybridized carbons (Fsp3) is 0.500. The van der Waals surface area contributed by atoms with Crippen LogP contribution in [0.4, 0.5) is 0 Å². The molecular formula is C14H19N3O. The molecule has 1 aliphatic heterocycles. The van der Waals surface area contributed by atoms with Gasteiger partial charge in [-0.25, -0.2) is 0 Å². The van der Waals surface area contributed by atoms with Crippen molar-refractivity contribution in [1.82, 2.24) is 10.2 Å². The number of nitrogens with zero attached hydrogens (tertiary/aromatic N) is 2. The van der Waals surface area contributed by atoms with Gasteiger partial charge in [0.25, 0.3) is 0 Å². The van der Waals surface area contributed by atoms with E-state index in [9.17, 15) is 0 Å². The van der Waals surface area contributed by atoms with Crippen molar-refractivity contribution in [3.8, 4) is 11.8 Å². The van der Waals surface area contributed by atoms with E-state index in [2.05, 4.69) is 16.3 Å². The summed E-state index contributed by atoms with van der Waals surface area (Å²) in [6, 6.07) is 8.03. The topological polar surface area (TPSA) is 48.3 Å². The Kier molecular flexibility index (Phi) is 4.57. The lowest BCUT2D eigenvalue weighted by Gasteiger charge is -2.19. The Labute approximate surface area is 108 Å². The molecule has 0 amide bonds. The van der Waals surface area contributed by atoms with Crippen molar-refractivity contribution in [1.29, 1.82) is 5.26 Å². The van der Waals surface area contributed by atoms with Crippen molar-refractivity contribution in [2.45, 2.75) is 13.0 Å². The molecule has 1 aromatic carbocycles. The lowest BCUT2D eigenvalue weighted by atomic mass is 10.1. The first-order valence-electron chi connectivity index (χ1n) is 6.33. The van der Waals surface area contributed by atoms with E-state index in [-0.39, 0.29) is 0 Å². The number of ether oxygens (including phenoxy) is 1. The Balaban J connectivity index is 2.07. The molecule has 0 aliphatic carbocycles. The zero-order valence-corrected chi connectivity index (χ0v) is 10.8. The van der Waals surface area contributed by atoms with Gasteiger partial charge in [-0.05, 0) is 37.2 Å². The first-order valence-corrected chi connectivity index (χ1v) is 6.33. The summed E-state index contributed by atoms with van der Waals surface area (Å²) in [5, 5.41) is 12.5. The average Bonchev–Trinajstić information content (AvgIpc) is 2.67. The molecular weight excluding hydrogens is 226 g/mol. The maximum Gasteiger partial charge on any atom is 0.136 e. The summed E-state index contributed by atoms with van der Waals surface area (Å²) in [5.41, 5.74) is 1.79. The Morgan fingerprint density at radius 1 is 1.39 bits per heavy atom. The zero-order valence-electron chi connectivity index (χ0n) is 10.8. The van der Waals surface area contributed by atoms with Gasteiger partial charge in [-0.15, -0.1) is 0 Å². The molecule has 0 spiro atoms. The molecule has 1 aromatic rings. The molecule has 18 heavy (non-hydrogen) atoms. The molecule has 0 radical (unpaired) electrons. The van der Waals surface area contributed by atoms with Crippen LogP contribution in [-0.4, -0.2) is 38.2 Å². The van der Waals surface area contributed by atoms with Crippen LogP contribution in [0.1, 0.15) is 17.5 Å². The van der Waals surface area contributed by atoms with Crippen LogP contribution in [0, 0.1) is 11.3 Å². The van der Waals surface area contributed by atoms with Crippen LogP contribution in [0.5, 0.6) is 5.75 Å². The lowest BCUT2D eigenvalue weighted by Crippen LogP contribution is -2.27. The molecule has 0 atom stereocenters. The molecule has 0 saturated carbocycles. The summed E-state index contributed by atoms with van der Waals surface area (Å²) in [6.07, 6.45) is 1.18. The molecule has 0 aromatic heterocycles. The average molecular weight is 245 g/mol. The highest BCUT2D eigenvalue weighted by Gasteiger charge is 2.10. The number of benzene rings is 1. The maximum atomic E-state index is 9.07. The van der Waals surface area contributed by atoms with E-state index >= 15 is 0 Å². The van der Waals surface area contributed by atoms with Crippen LogP contribution < -0.4 is 10.1 Å². The SMILES string of the molecule is COc1ccc(CN2CCCNCC2)cc1C#N. The van der Waals surface area contributed by atoms with Crippen molar-refractivity contribution < 1.29 is 4.74 Å². The van der Waals surface area contributed by atoms with E-state index in [1.807, 2.05) is 18.2 Å². The van der Waals surface area contributed by atoms with E-state index < -0.39 is 0 Å². The van der Waals surface area contributed by atoms with Crippen LogP contribution >= 0.6 is 0 Å². The van der Waals surface area contributed by atoms with Gasteiger partial charge < -0.3 is 10.1 Å². The van der Waals surface area contributed by atoms with Gasteiger partial charge in [0, 0.05) is 19.6 Å². The third kappa shape index (κ3) is 3.22. The quantitative estimate of drug-likeness (QED) is 0.873. The molecule has 1 fully saturated rings. The minimum atomic E-state index is 0.614. The fourth-order valence-electron chi connectivity index (χ4n) is 2.26. The van der Waals surface area contributed by atoms with Crippen LogP contribution in [0.3, 0.4) is 0 Å². The third-order valence-corrected chi connectivity index (χ3v) is 3.22. The first kappa shape index (κ1) is 12.9. The highest BCUT2D eigenvalue weighted by atomic mass is 16.5. The van der Waals surface area contributed by atoms with Crippen LogP contribution in [0.15, 0.2) is 18.2 Å². The number of hydrogen-bond acceptors (Lipinski definition) is 4. The van der Waals surface area contributed by atoms with Crippen molar-refractivity contribution in [3.63, 3.8) is 0 Å². The molecule has 1 N–H and O–H groups in total. The van der Waals surface area contributed by atoms with E-state index in [0.717, 1.165) is 32.7 Å². The van der Waals surface area contributed by atoms with Gasteiger partial charge in [0.05, 0.1) is 12.7 Å². The molecule has 1 aliphatic rings. The normalized spacial score (nSPS) is 16.9. The highest BCUT2D eigenvalue weighted by molar-refractivity contribution is 5.45. The summed E-state index contributed by atoms with van der Waals surface area (Å²) in [4.78, 5) is 2.42. The summed E-state index contributed by atoms with van der Waals surface area (Å²) >= 11 is 0. The zero-order chi connectivity index (χ0) is 12.8. The predicted molar refractivity (Wildman–Crippen MR) is 70.5 cm³/mol. The molecule has 4 nitrogen and oxygen atoms in total. The second kappa shape index (κ2) is 6.39. The molecule has 4 heteroatoms. The monoisotopic (exact) mass is 245 g/mol. The standard InChI is InChI=1S/C14H19N3O/c1-18-14-4-3-12(9-13(14)10-15)11-17-7-2-5-16-6-8-17/h3-4,9,16H,2,5-8,11H2,1H3. The maximum absolute atomic E-state index is 9.07. The Morgan fingerprint density at radius 3 is 3.06 bits per heavy atom. The minimum absolute atomic E-state index is 0.614. The minimum Gasteiger partial charge on any atom is -0.495 e. The highest BCUT2D eigenvalue weighted by Crippen LogP contribution is 2.19. The van der Waals surface area contributed by atoms with E-state index in [4.69, 9.17) is 10.00 Å². The Bertz CT molecular complexity index is 431. The van der Waals surface area contributed by atoms with E-state index in [0.29, 0.717) is 11.3 Å². The number of nitriles is 1. The van der Waals surface area contributed by atoms with Crippen molar-refractivity contribution in [2.24, 2.45) is 0 Å². The number of methoxy groups -OCH3 is 1. The summed E-state index contributed by atoms with van der Waals surface area (Å²) in [5.74, 6) is 0.652. The Morgan fingerprint density at radius 2 is 2.28 bits per heavy atom. The molecule has 1 heterocycles. The summed E-state index contributed by atoms with van der Waals surface area (Å²) in [6.45, 7) is 5.22. The second-order valence-corrected chi connectivity index (χ2v) is 4.53. The van der Waals surface area contributed by atoms with E-state index in [1.165, 1.54) is 12.0 Å². The lowest BCUT2D eigenvalue weighted by molar-refractivity contribution is 0.284. The van der Waals surface area contributed by atoms with Gasteiger partial charge in [-0.3, -0.25) is 4.90 Å². The molecule has 96 valence electrons. The first-order chi connectivity index (χ1) is 8.83. The van der Waals surface area contributed by atoms with Gasteiger partial charge in [0.2, 0.25) is 0 Å². The number of nitrogens with one attached hydrogen (secondary N) is 1. The van der Waals surface area contributed by atoms with Gasteiger partial charge in [0.1, 0.15) is 11.8 Å². The molecule has 2 rings (SSSR count). The summed E-state index contributed by atoms with van der Waals surface area (Å²) in [7, 11) is 1.59. The van der Waals surface area contributed by atoms with Gasteiger partial charge in [0.15, 0.2) is 0 Å². The van der Waals surface area contributed by atoms with Crippen LogP contribution in [0.2, 0.25) is 0 Å².